The van der Waals surface area contributed by atoms with Crippen molar-refractivity contribution in [3.05, 3.63) is 34.6 Å². The van der Waals surface area contributed by atoms with E-state index in [2.05, 4.69) is 26.1 Å². The van der Waals surface area contributed by atoms with Crippen molar-refractivity contribution in [1.82, 2.24) is 10.1 Å². The number of halogens is 1. The van der Waals surface area contributed by atoms with Crippen molar-refractivity contribution in [2.24, 2.45) is 5.73 Å². The lowest BCUT2D eigenvalue weighted by Crippen LogP contribution is -2.14. The Morgan fingerprint density at radius 1 is 1.38 bits per heavy atom. The maximum Gasteiger partial charge on any atom is 0.246 e. The van der Waals surface area contributed by atoms with Crippen LogP contribution in [0.4, 0.5) is 0 Å². The molecule has 1 heterocycles. The minimum Gasteiger partial charge on any atom is -0.394 e. The van der Waals surface area contributed by atoms with E-state index in [9.17, 15) is 0 Å². The van der Waals surface area contributed by atoms with Crippen LogP contribution in [0.5, 0.6) is 0 Å². The number of nitrogens with two attached hydrogens (primary N) is 1. The summed E-state index contributed by atoms with van der Waals surface area (Å²) >= 11 is 3.34. The highest BCUT2D eigenvalue weighted by atomic mass is 79.9. The molecule has 84 valence electrons. The number of nitrogens with zero attached hydrogens (tertiary/aromatic N) is 2. The molecule has 5 nitrogen and oxygen atoms in total. The zero-order valence-corrected chi connectivity index (χ0v) is 9.89. The third-order valence-electron chi connectivity index (χ3n) is 2.06. The Kier molecular flexibility index (Phi) is 3.33. The molecule has 0 fully saturated rings. The lowest BCUT2D eigenvalue weighted by Gasteiger charge is -1.98. The highest BCUT2D eigenvalue weighted by Gasteiger charge is 2.14. The highest BCUT2D eigenvalue weighted by molar-refractivity contribution is 9.10. The van der Waals surface area contributed by atoms with Gasteiger partial charge in [0.2, 0.25) is 11.7 Å². The van der Waals surface area contributed by atoms with Crippen LogP contribution in [0.15, 0.2) is 33.3 Å². The van der Waals surface area contributed by atoms with E-state index in [0.29, 0.717) is 5.82 Å². The van der Waals surface area contributed by atoms with Crippen molar-refractivity contribution in [3.8, 4) is 11.4 Å². The summed E-state index contributed by atoms with van der Waals surface area (Å²) in [6.45, 7) is -0.220. The summed E-state index contributed by atoms with van der Waals surface area (Å²) in [5.41, 5.74) is 6.39. The number of rotatable bonds is 3. The van der Waals surface area contributed by atoms with Gasteiger partial charge in [-0.2, -0.15) is 4.98 Å². The Labute approximate surface area is 100 Å². The highest BCUT2D eigenvalue weighted by Crippen LogP contribution is 2.20. The van der Waals surface area contributed by atoms with Crippen molar-refractivity contribution >= 4 is 15.9 Å². The maximum atomic E-state index is 8.85. The van der Waals surface area contributed by atoms with Gasteiger partial charge in [0, 0.05) is 10.0 Å². The van der Waals surface area contributed by atoms with Gasteiger partial charge in [-0.1, -0.05) is 21.1 Å². The minimum absolute atomic E-state index is 0.220. The molecule has 0 radical (unpaired) electrons. The average molecular weight is 284 g/mol. The monoisotopic (exact) mass is 283 g/mol. The van der Waals surface area contributed by atoms with E-state index in [4.69, 9.17) is 15.4 Å². The molecular formula is C10H10BrN3O2. The van der Waals surface area contributed by atoms with Crippen LogP contribution >= 0.6 is 15.9 Å². The van der Waals surface area contributed by atoms with E-state index in [1.165, 1.54) is 0 Å². The molecule has 16 heavy (non-hydrogen) atoms. The van der Waals surface area contributed by atoms with Crippen molar-refractivity contribution in [3.63, 3.8) is 0 Å². The Morgan fingerprint density at radius 3 is 2.69 bits per heavy atom. The Morgan fingerprint density at radius 2 is 2.06 bits per heavy atom. The Hall–Kier alpha value is -1.24. The second kappa shape index (κ2) is 4.73. The molecule has 2 rings (SSSR count). The smallest absolute Gasteiger partial charge is 0.246 e. The van der Waals surface area contributed by atoms with Gasteiger partial charge in [-0.15, -0.1) is 0 Å². The molecule has 0 aliphatic rings. The minimum atomic E-state index is -0.628. The molecule has 1 aromatic carbocycles. The molecule has 3 N–H and O–H groups in total. The first-order valence-electron chi connectivity index (χ1n) is 4.66. The fourth-order valence-electron chi connectivity index (χ4n) is 1.18. The summed E-state index contributed by atoms with van der Waals surface area (Å²) in [6, 6.07) is 6.87. The van der Waals surface area contributed by atoms with Crippen LogP contribution < -0.4 is 5.73 Å². The first-order chi connectivity index (χ1) is 7.70. The molecule has 2 aromatic rings. The number of aliphatic hydroxyl groups is 1. The number of aliphatic hydroxyl groups excluding tert-OH is 1. The van der Waals surface area contributed by atoms with Crippen LogP contribution in [-0.4, -0.2) is 21.9 Å². The van der Waals surface area contributed by atoms with Gasteiger partial charge >= 0.3 is 0 Å². The summed E-state index contributed by atoms with van der Waals surface area (Å²) in [4.78, 5) is 4.10. The summed E-state index contributed by atoms with van der Waals surface area (Å²) < 4.78 is 5.92. The van der Waals surface area contributed by atoms with Gasteiger partial charge in [-0.25, -0.2) is 0 Å². The summed E-state index contributed by atoms with van der Waals surface area (Å²) in [6.07, 6.45) is 0. The van der Waals surface area contributed by atoms with Gasteiger partial charge in [0.15, 0.2) is 0 Å². The molecular weight excluding hydrogens is 274 g/mol. The zero-order valence-electron chi connectivity index (χ0n) is 8.30. The topological polar surface area (TPSA) is 85.2 Å². The number of aromatic nitrogens is 2. The van der Waals surface area contributed by atoms with E-state index >= 15 is 0 Å². The first-order valence-corrected chi connectivity index (χ1v) is 5.46. The number of hydrogen-bond acceptors (Lipinski definition) is 5. The van der Waals surface area contributed by atoms with E-state index in [-0.39, 0.29) is 12.5 Å². The first kappa shape index (κ1) is 11.3. The molecule has 0 spiro atoms. The summed E-state index contributed by atoms with van der Waals surface area (Å²) in [5, 5.41) is 12.6. The van der Waals surface area contributed by atoms with E-state index in [1.54, 1.807) is 0 Å². The molecule has 0 aliphatic heterocycles. The predicted octanol–water partition coefficient (Wildman–Crippen LogP) is 1.49. The van der Waals surface area contributed by atoms with Gasteiger partial charge in [0.1, 0.15) is 6.04 Å². The summed E-state index contributed by atoms with van der Waals surface area (Å²) in [7, 11) is 0. The molecule has 0 saturated heterocycles. The SMILES string of the molecule is N[C@H](CO)c1nc(-c2ccc(Br)cc2)no1. The Bertz CT molecular complexity index is 469. The normalized spacial score (nSPS) is 12.7. The van der Waals surface area contributed by atoms with Crippen LogP contribution in [-0.2, 0) is 0 Å². The lowest BCUT2D eigenvalue weighted by molar-refractivity contribution is 0.237. The van der Waals surface area contributed by atoms with E-state index in [0.717, 1.165) is 10.0 Å². The molecule has 0 saturated carbocycles. The van der Waals surface area contributed by atoms with Gasteiger partial charge in [-0.05, 0) is 24.3 Å². The van der Waals surface area contributed by atoms with Crippen molar-refractivity contribution in [2.75, 3.05) is 6.61 Å². The number of hydrogen-bond donors (Lipinski definition) is 2. The molecule has 1 aromatic heterocycles. The van der Waals surface area contributed by atoms with Crippen LogP contribution in [0.2, 0.25) is 0 Å². The molecule has 0 unspecified atom stereocenters. The zero-order chi connectivity index (χ0) is 11.5. The molecule has 1 atom stereocenters. The molecule has 0 aliphatic carbocycles. The average Bonchev–Trinajstić information content (AvgIpc) is 2.78. The van der Waals surface area contributed by atoms with Crippen molar-refractivity contribution in [2.45, 2.75) is 6.04 Å². The fourth-order valence-corrected chi connectivity index (χ4v) is 1.44. The maximum absolute atomic E-state index is 8.85. The third-order valence-corrected chi connectivity index (χ3v) is 2.59. The van der Waals surface area contributed by atoms with Gasteiger partial charge in [-0.3, -0.25) is 0 Å². The standard InChI is InChI=1S/C10H10BrN3O2/c11-7-3-1-6(2-4-7)9-13-10(16-14-9)8(12)5-15/h1-4,8,15H,5,12H2/t8-/m1/s1. The third kappa shape index (κ3) is 2.29. The predicted molar refractivity (Wildman–Crippen MR) is 61.4 cm³/mol. The van der Waals surface area contributed by atoms with E-state index in [1.807, 2.05) is 24.3 Å². The van der Waals surface area contributed by atoms with Crippen LogP contribution in [0.1, 0.15) is 11.9 Å². The Balaban J connectivity index is 2.28. The molecule has 0 amide bonds. The molecule has 0 bridgehead atoms. The summed E-state index contributed by atoms with van der Waals surface area (Å²) in [5.74, 6) is 0.701. The van der Waals surface area contributed by atoms with Gasteiger partial charge in [0.05, 0.1) is 6.61 Å². The van der Waals surface area contributed by atoms with E-state index < -0.39 is 6.04 Å². The second-order valence-electron chi connectivity index (χ2n) is 3.25. The van der Waals surface area contributed by atoms with Gasteiger partial charge in [0.25, 0.3) is 0 Å². The van der Waals surface area contributed by atoms with Crippen molar-refractivity contribution in [1.29, 1.82) is 0 Å². The van der Waals surface area contributed by atoms with Crippen LogP contribution in [0.25, 0.3) is 11.4 Å². The fraction of sp³-hybridized carbons (Fsp3) is 0.200. The lowest BCUT2D eigenvalue weighted by atomic mass is 10.2. The van der Waals surface area contributed by atoms with Crippen LogP contribution in [0.3, 0.4) is 0 Å². The van der Waals surface area contributed by atoms with Crippen molar-refractivity contribution < 1.29 is 9.63 Å². The quantitative estimate of drug-likeness (QED) is 0.892. The van der Waals surface area contributed by atoms with Gasteiger partial charge < -0.3 is 15.4 Å². The second-order valence-corrected chi connectivity index (χ2v) is 4.17. The molecule has 6 heteroatoms. The number of benzene rings is 1. The van der Waals surface area contributed by atoms with Crippen LogP contribution in [0, 0.1) is 0 Å². The largest absolute Gasteiger partial charge is 0.394 e.